The molecule has 20 heavy (non-hydrogen) atoms. The van der Waals surface area contributed by atoms with Gasteiger partial charge in [0.25, 0.3) is 0 Å². The summed E-state index contributed by atoms with van der Waals surface area (Å²) in [6, 6.07) is 16.4. The van der Waals surface area contributed by atoms with Gasteiger partial charge in [-0.2, -0.15) is 0 Å². The quantitative estimate of drug-likeness (QED) is 0.799. The zero-order valence-electron chi connectivity index (χ0n) is 11.6. The standard InChI is InChI=1S/C16H18ClNOS/c1-18-16(12-3-7-14(19-2)8-4-12)11-20-15-9-5-13(17)6-10-15/h3-10,16,18H,11H2,1-2H3. The van der Waals surface area contributed by atoms with Gasteiger partial charge in [-0.15, -0.1) is 11.8 Å². The maximum atomic E-state index is 5.89. The SMILES string of the molecule is CNC(CSc1ccc(Cl)cc1)c1ccc(OC)cc1. The number of hydrogen-bond acceptors (Lipinski definition) is 3. The first-order valence-electron chi connectivity index (χ1n) is 6.42. The maximum absolute atomic E-state index is 5.89. The van der Waals surface area contributed by atoms with E-state index in [1.54, 1.807) is 7.11 Å². The van der Waals surface area contributed by atoms with E-state index >= 15 is 0 Å². The molecule has 4 heteroatoms. The van der Waals surface area contributed by atoms with Crippen LogP contribution in [0.2, 0.25) is 5.02 Å². The second kappa shape index (κ2) is 7.58. The molecule has 0 aliphatic heterocycles. The summed E-state index contributed by atoms with van der Waals surface area (Å²) in [5.41, 5.74) is 1.26. The first-order chi connectivity index (χ1) is 9.72. The van der Waals surface area contributed by atoms with Gasteiger partial charge in [0.15, 0.2) is 0 Å². The fourth-order valence-corrected chi connectivity index (χ4v) is 3.07. The van der Waals surface area contributed by atoms with Gasteiger partial charge in [-0.25, -0.2) is 0 Å². The molecule has 0 aromatic heterocycles. The highest BCUT2D eigenvalue weighted by molar-refractivity contribution is 7.99. The van der Waals surface area contributed by atoms with Crippen molar-refractivity contribution in [2.45, 2.75) is 10.9 Å². The smallest absolute Gasteiger partial charge is 0.118 e. The maximum Gasteiger partial charge on any atom is 0.118 e. The van der Waals surface area contributed by atoms with Crippen LogP contribution in [0.15, 0.2) is 53.4 Å². The summed E-state index contributed by atoms with van der Waals surface area (Å²) in [6.07, 6.45) is 0. The van der Waals surface area contributed by atoms with Crippen molar-refractivity contribution in [1.29, 1.82) is 0 Å². The second-order valence-corrected chi connectivity index (χ2v) is 5.91. The molecule has 0 spiro atoms. The average molecular weight is 308 g/mol. The lowest BCUT2D eigenvalue weighted by Crippen LogP contribution is -2.18. The third-order valence-corrected chi connectivity index (χ3v) is 4.45. The molecule has 106 valence electrons. The molecule has 1 unspecified atom stereocenters. The fraction of sp³-hybridized carbons (Fsp3) is 0.250. The lowest BCUT2D eigenvalue weighted by atomic mass is 10.1. The van der Waals surface area contributed by atoms with E-state index in [4.69, 9.17) is 16.3 Å². The van der Waals surface area contributed by atoms with Crippen LogP contribution in [-0.2, 0) is 0 Å². The molecule has 0 heterocycles. The van der Waals surface area contributed by atoms with Gasteiger partial charge in [0, 0.05) is 21.7 Å². The third-order valence-electron chi connectivity index (χ3n) is 3.10. The number of ether oxygens (including phenoxy) is 1. The molecule has 0 aliphatic carbocycles. The van der Waals surface area contributed by atoms with Crippen molar-refractivity contribution in [3.05, 3.63) is 59.1 Å². The van der Waals surface area contributed by atoms with E-state index < -0.39 is 0 Å². The van der Waals surface area contributed by atoms with Crippen LogP contribution in [0.4, 0.5) is 0 Å². The van der Waals surface area contributed by atoms with Gasteiger partial charge in [-0.3, -0.25) is 0 Å². The summed E-state index contributed by atoms with van der Waals surface area (Å²) in [5, 5.41) is 4.12. The molecular weight excluding hydrogens is 290 g/mol. The first kappa shape index (κ1) is 15.2. The van der Waals surface area contributed by atoms with Gasteiger partial charge < -0.3 is 10.1 Å². The van der Waals surface area contributed by atoms with Crippen molar-refractivity contribution in [3.8, 4) is 5.75 Å². The van der Waals surface area contributed by atoms with E-state index in [-0.39, 0.29) is 0 Å². The van der Waals surface area contributed by atoms with Crippen molar-refractivity contribution in [1.82, 2.24) is 5.32 Å². The summed E-state index contributed by atoms with van der Waals surface area (Å²) in [4.78, 5) is 1.23. The van der Waals surface area contributed by atoms with Crippen LogP contribution in [0, 0.1) is 0 Å². The third kappa shape index (κ3) is 4.17. The monoisotopic (exact) mass is 307 g/mol. The highest BCUT2D eigenvalue weighted by Crippen LogP contribution is 2.26. The molecule has 2 aromatic carbocycles. The Morgan fingerprint density at radius 1 is 1.10 bits per heavy atom. The summed E-state index contributed by atoms with van der Waals surface area (Å²) in [7, 11) is 3.66. The zero-order chi connectivity index (χ0) is 14.4. The van der Waals surface area contributed by atoms with E-state index in [0.29, 0.717) is 6.04 Å². The van der Waals surface area contributed by atoms with E-state index in [1.807, 2.05) is 55.2 Å². The van der Waals surface area contributed by atoms with Crippen molar-refractivity contribution in [3.63, 3.8) is 0 Å². The van der Waals surface area contributed by atoms with Gasteiger partial charge >= 0.3 is 0 Å². The highest BCUT2D eigenvalue weighted by atomic mass is 35.5. The number of methoxy groups -OCH3 is 1. The minimum Gasteiger partial charge on any atom is -0.497 e. The molecule has 2 nitrogen and oxygen atoms in total. The van der Waals surface area contributed by atoms with Crippen molar-refractivity contribution < 1.29 is 4.74 Å². The summed E-state index contributed by atoms with van der Waals surface area (Å²) in [6.45, 7) is 0. The Hall–Kier alpha value is -1.16. The van der Waals surface area contributed by atoms with Crippen LogP contribution in [0.1, 0.15) is 11.6 Å². The molecule has 0 radical (unpaired) electrons. The molecule has 0 bridgehead atoms. The number of benzene rings is 2. The molecule has 0 fully saturated rings. The van der Waals surface area contributed by atoms with E-state index in [2.05, 4.69) is 17.4 Å². The minimum atomic E-state index is 0.307. The lowest BCUT2D eigenvalue weighted by molar-refractivity contribution is 0.414. The number of rotatable bonds is 6. The normalized spacial score (nSPS) is 12.2. The Bertz CT molecular complexity index is 527. The Balaban J connectivity index is 1.99. The molecule has 0 aliphatic rings. The Morgan fingerprint density at radius 2 is 1.75 bits per heavy atom. The predicted octanol–water partition coefficient (Wildman–Crippen LogP) is 4.40. The average Bonchev–Trinajstić information content (AvgIpc) is 2.50. The van der Waals surface area contributed by atoms with Gasteiger partial charge in [-0.05, 0) is 49.0 Å². The summed E-state index contributed by atoms with van der Waals surface area (Å²) >= 11 is 7.71. The van der Waals surface area contributed by atoms with Gasteiger partial charge in [0.05, 0.1) is 7.11 Å². The van der Waals surface area contributed by atoms with E-state index in [1.165, 1.54) is 10.5 Å². The number of nitrogens with one attached hydrogen (secondary N) is 1. The van der Waals surface area contributed by atoms with Crippen LogP contribution in [-0.4, -0.2) is 19.9 Å². The van der Waals surface area contributed by atoms with E-state index in [9.17, 15) is 0 Å². The van der Waals surface area contributed by atoms with Crippen LogP contribution in [0.5, 0.6) is 5.75 Å². The zero-order valence-corrected chi connectivity index (χ0v) is 13.2. The second-order valence-electron chi connectivity index (χ2n) is 4.38. The highest BCUT2D eigenvalue weighted by Gasteiger charge is 2.09. The summed E-state index contributed by atoms with van der Waals surface area (Å²) in [5.74, 6) is 1.85. The van der Waals surface area contributed by atoms with Crippen LogP contribution in [0.3, 0.4) is 0 Å². The molecule has 1 atom stereocenters. The summed E-state index contributed by atoms with van der Waals surface area (Å²) < 4.78 is 5.18. The molecule has 0 amide bonds. The first-order valence-corrected chi connectivity index (χ1v) is 7.79. The molecular formula is C16H18ClNOS. The van der Waals surface area contributed by atoms with Crippen LogP contribution >= 0.6 is 23.4 Å². The van der Waals surface area contributed by atoms with Crippen LogP contribution < -0.4 is 10.1 Å². The largest absolute Gasteiger partial charge is 0.497 e. The predicted molar refractivity (Wildman–Crippen MR) is 87.0 cm³/mol. The van der Waals surface area contributed by atoms with Crippen molar-refractivity contribution in [2.24, 2.45) is 0 Å². The molecule has 0 saturated carbocycles. The number of hydrogen-bond donors (Lipinski definition) is 1. The van der Waals surface area contributed by atoms with Crippen molar-refractivity contribution in [2.75, 3.05) is 19.9 Å². The topological polar surface area (TPSA) is 21.3 Å². The molecule has 0 saturated heterocycles. The molecule has 2 rings (SSSR count). The lowest BCUT2D eigenvalue weighted by Gasteiger charge is -2.16. The van der Waals surface area contributed by atoms with Gasteiger partial charge in [-0.1, -0.05) is 23.7 Å². The Morgan fingerprint density at radius 3 is 2.30 bits per heavy atom. The Kier molecular flexibility index (Phi) is 5.77. The van der Waals surface area contributed by atoms with Crippen LogP contribution in [0.25, 0.3) is 0 Å². The number of halogens is 1. The van der Waals surface area contributed by atoms with Crippen molar-refractivity contribution >= 4 is 23.4 Å². The molecule has 2 aromatic rings. The number of thioether (sulfide) groups is 1. The van der Waals surface area contributed by atoms with Gasteiger partial charge in [0.1, 0.15) is 5.75 Å². The van der Waals surface area contributed by atoms with Gasteiger partial charge in [0.2, 0.25) is 0 Å². The van der Waals surface area contributed by atoms with E-state index in [0.717, 1.165) is 16.5 Å². The molecule has 1 N–H and O–H groups in total. The minimum absolute atomic E-state index is 0.307. The Labute approximate surface area is 129 Å². The fourth-order valence-electron chi connectivity index (χ4n) is 1.89.